The van der Waals surface area contributed by atoms with Crippen LogP contribution in [0.5, 0.6) is 5.75 Å². The Labute approximate surface area is 108 Å². The van der Waals surface area contributed by atoms with Crippen LogP contribution in [0.4, 0.5) is 0 Å². The third-order valence-electron chi connectivity index (χ3n) is 3.21. The molecule has 1 aliphatic carbocycles. The van der Waals surface area contributed by atoms with Crippen LogP contribution in [-0.4, -0.2) is 32.0 Å². The predicted molar refractivity (Wildman–Crippen MR) is 68.4 cm³/mol. The van der Waals surface area contributed by atoms with Gasteiger partial charge in [0.1, 0.15) is 11.9 Å². The van der Waals surface area contributed by atoms with E-state index in [1.165, 1.54) is 18.4 Å². The molecule has 0 saturated heterocycles. The highest BCUT2D eigenvalue weighted by Gasteiger charge is 2.24. The number of sulfone groups is 1. The second kappa shape index (κ2) is 5.28. The normalized spacial score (nSPS) is 24.8. The Morgan fingerprint density at radius 3 is 2.33 bits per heavy atom. The molecule has 0 amide bonds. The molecule has 0 aromatic heterocycles. The largest absolute Gasteiger partial charge is 0.488 e. The summed E-state index contributed by atoms with van der Waals surface area (Å²) in [5.41, 5.74) is 0. The van der Waals surface area contributed by atoms with Gasteiger partial charge in [-0.3, -0.25) is 0 Å². The number of rotatable bonds is 3. The van der Waals surface area contributed by atoms with E-state index in [0.29, 0.717) is 5.75 Å². The highest BCUT2D eigenvalue weighted by Crippen LogP contribution is 2.24. The predicted octanol–water partition coefficient (Wildman–Crippen LogP) is 1.77. The Morgan fingerprint density at radius 2 is 1.78 bits per heavy atom. The molecule has 0 bridgehead atoms. The maximum Gasteiger partial charge on any atom is 0.175 e. The zero-order valence-corrected chi connectivity index (χ0v) is 11.2. The first-order valence-corrected chi connectivity index (χ1v) is 8.01. The van der Waals surface area contributed by atoms with Crippen molar-refractivity contribution in [3.05, 3.63) is 24.3 Å². The van der Waals surface area contributed by atoms with E-state index in [-0.39, 0.29) is 11.0 Å². The van der Waals surface area contributed by atoms with Gasteiger partial charge in [0.2, 0.25) is 0 Å². The lowest BCUT2D eigenvalue weighted by Gasteiger charge is -2.28. The van der Waals surface area contributed by atoms with Crippen LogP contribution in [0.1, 0.15) is 25.7 Å². The molecule has 4 nitrogen and oxygen atoms in total. The molecule has 1 N–H and O–H groups in total. The molecule has 5 heteroatoms. The number of aliphatic hydroxyl groups excluding tert-OH is 1. The van der Waals surface area contributed by atoms with Gasteiger partial charge in [0.15, 0.2) is 9.84 Å². The molecule has 0 heterocycles. The molecule has 0 unspecified atom stereocenters. The van der Waals surface area contributed by atoms with Crippen molar-refractivity contribution >= 4 is 9.84 Å². The fourth-order valence-corrected chi connectivity index (χ4v) is 2.79. The van der Waals surface area contributed by atoms with Crippen LogP contribution in [0.3, 0.4) is 0 Å². The highest BCUT2D eigenvalue weighted by atomic mass is 32.2. The summed E-state index contributed by atoms with van der Waals surface area (Å²) in [5.74, 6) is 0.605. The molecule has 18 heavy (non-hydrogen) atoms. The van der Waals surface area contributed by atoms with Gasteiger partial charge in [-0.15, -0.1) is 0 Å². The van der Waals surface area contributed by atoms with E-state index < -0.39 is 15.9 Å². The van der Waals surface area contributed by atoms with Gasteiger partial charge in [-0.2, -0.15) is 0 Å². The molecule has 1 aromatic carbocycles. The van der Waals surface area contributed by atoms with Crippen molar-refractivity contribution in [1.29, 1.82) is 0 Å². The summed E-state index contributed by atoms with van der Waals surface area (Å²) < 4.78 is 28.3. The molecule has 1 aliphatic rings. The summed E-state index contributed by atoms with van der Waals surface area (Å²) in [6.07, 6.45) is 4.28. The minimum atomic E-state index is -3.17. The summed E-state index contributed by atoms with van der Waals surface area (Å²) in [6.45, 7) is 0. The second-order valence-electron chi connectivity index (χ2n) is 4.75. The maximum absolute atomic E-state index is 11.3. The molecule has 2 atom stereocenters. The Hall–Kier alpha value is -1.07. The van der Waals surface area contributed by atoms with E-state index in [1.807, 2.05) is 0 Å². The summed E-state index contributed by atoms with van der Waals surface area (Å²) in [5, 5.41) is 9.79. The van der Waals surface area contributed by atoms with Crippen LogP contribution < -0.4 is 4.74 Å². The van der Waals surface area contributed by atoms with E-state index in [4.69, 9.17) is 4.74 Å². The molecule has 2 rings (SSSR count). The Kier molecular flexibility index (Phi) is 3.92. The zero-order chi connectivity index (χ0) is 13.2. The lowest BCUT2D eigenvalue weighted by molar-refractivity contribution is 0.00685. The number of aliphatic hydroxyl groups is 1. The first kappa shape index (κ1) is 13.4. The molecule has 1 aromatic rings. The monoisotopic (exact) mass is 270 g/mol. The van der Waals surface area contributed by atoms with E-state index in [0.717, 1.165) is 25.7 Å². The fraction of sp³-hybridized carbons (Fsp3) is 0.538. The maximum atomic E-state index is 11.3. The fourth-order valence-electron chi connectivity index (χ4n) is 2.15. The van der Waals surface area contributed by atoms with Crippen molar-refractivity contribution in [2.75, 3.05) is 6.26 Å². The zero-order valence-electron chi connectivity index (χ0n) is 10.4. The summed E-state index contributed by atoms with van der Waals surface area (Å²) >= 11 is 0. The molecule has 1 fully saturated rings. The van der Waals surface area contributed by atoms with Gasteiger partial charge in [-0.05, 0) is 43.5 Å². The summed E-state index contributed by atoms with van der Waals surface area (Å²) in [6, 6.07) is 6.33. The molecular weight excluding hydrogens is 252 g/mol. The van der Waals surface area contributed by atoms with Gasteiger partial charge < -0.3 is 9.84 Å². The van der Waals surface area contributed by atoms with Gasteiger partial charge in [-0.25, -0.2) is 8.42 Å². The van der Waals surface area contributed by atoms with E-state index in [9.17, 15) is 13.5 Å². The van der Waals surface area contributed by atoms with E-state index in [2.05, 4.69) is 0 Å². The lowest BCUT2D eigenvalue weighted by Crippen LogP contribution is -2.34. The minimum Gasteiger partial charge on any atom is -0.488 e. The first-order valence-electron chi connectivity index (χ1n) is 6.11. The standard InChI is InChI=1S/C13H18O4S/c1-18(15,16)11-8-6-10(7-9-11)17-13-5-3-2-4-12(13)14/h6-9,12-14H,2-5H2,1H3/t12-,13-/m1/s1. The van der Waals surface area contributed by atoms with Crippen molar-refractivity contribution in [2.24, 2.45) is 0 Å². The van der Waals surface area contributed by atoms with Crippen molar-refractivity contribution in [2.45, 2.75) is 42.8 Å². The molecule has 1 saturated carbocycles. The number of ether oxygens (including phenoxy) is 1. The van der Waals surface area contributed by atoms with Crippen molar-refractivity contribution < 1.29 is 18.3 Å². The second-order valence-corrected chi connectivity index (χ2v) is 6.77. The summed E-state index contributed by atoms with van der Waals surface area (Å²) in [4.78, 5) is 0.277. The van der Waals surface area contributed by atoms with Crippen LogP contribution in [-0.2, 0) is 9.84 Å². The van der Waals surface area contributed by atoms with Crippen molar-refractivity contribution in [1.82, 2.24) is 0 Å². The molecule has 0 spiro atoms. The van der Waals surface area contributed by atoms with Crippen LogP contribution >= 0.6 is 0 Å². The van der Waals surface area contributed by atoms with Crippen LogP contribution in [0, 0.1) is 0 Å². The number of hydrogen-bond donors (Lipinski definition) is 1. The molecule has 0 radical (unpaired) electrons. The number of hydrogen-bond acceptors (Lipinski definition) is 4. The van der Waals surface area contributed by atoms with E-state index >= 15 is 0 Å². The van der Waals surface area contributed by atoms with E-state index in [1.54, 1.807) is 12.1 Å². The van der Waals surface area contributed by atoms with Gasteiger partial charge in [0.25, 0.3) is 0 Å². The Bertz CT molecular complexity index is 492. The lowest BCUT2D eigenvalue weighted by atomic mass is 9.95. The highest BCUT2D eigenvalue weighted by molar-refractivity contribution is 7.90. The van der Waals surface area contributed by atoms with Gasteiger partial charge in [-0.1, -0.05) is 6.42 Å². The van der Waals surface area contributed by atoms with Gasteiger partial charge in [0, 0.05) is 6.26 Å². The van der Waals surface area contributed by atoms with Crippen LogP contribution in [0.2, 0.25) is 0 Å². The quantitative estimate of drug-likeness (QED) is 0.909. The average Bonchev–Trinajstić information content (AvgIpc) is 2.32. The molecule has 100 valence electrons. The third-order valence-corrected chi connectivity index (χ3v) is 4.34. The van der Waals surface area contributed by atoms with Crippen LogP contribution in [0.25, 0.3) is 0 Å². The molecular formula is C13H18O4S. The topological polar surface area (TPSA) is 63.6 Å². The Morgan fingerprint density at radius 1 is 1.17 bits per heavy atom. The Balaban J connectivity index is 2.06. The third kappa shape index (κ3) is 3.23. The van der Waals surface area contributed by atoms with Crippen molar-refractivity contribution in [3.63, 3.8) is 0 Å². The van der Waals surface area contributed by atoms with Crippen LogP contribution in [0.15, 0.2) is 29.2 Å². The first-order chi connectivity index (χ1) is 8.47. The minimum absolute atomic E-state index is 0.178. The summed E-state index contributed by atoms with van der Waals surface area (Å²) in [7, 11) is -3.17. The SMILES string of the molecule is CS(=O)(=O)c1ccc(O[C@@H]2CCCC[C@H]2O)cc1. The smallest absolute Gasteiger partial charge is 0.175 e. The van der Waals surface area contributed by atoms with Crippen molar-refractivity contribution in [3.8, 4) is 5.75 Å². The van der Waals surface area contributed by atoms with Gasteiger partial charge in [0.05, 0.1) is 11.0 Å². The molecule has 0 aliphatic heterocycles. The van der Waals surface area contributed by atoms with Gasteiger partial charge >= 0.3 is 0 Å². The number of benzene rings is 1. The average molecular weight is 270 g/mol.